The first-order valence-electron chi connectivity index (χ1n) is 11.1. The van der Waals surface area contributed by atoms with Gasteiger partial charge in [0.2, 0.25) is 5.91 Å². The molecule has 1 aliphatic rings. The third-order valence-corrected chi connectivity index (χ3v) is 7.27. The molecule has 0 saturated heterocycles. The summed E-state index contributed by atoms with van der Waals surface area (Å²) in [4.78, 5) is 25.1. The molecule has 0 aliphatic carbocycles. The first-order valence-corrected chi connectivity index (χ1v) is 12.9. The summed E-state index contributed by atoms with van der Waals surface area (Å²) in [7, 11) is -3.52. The molecule has 1 unspecified atom stereocenters. The van der Waals surface area contributed by atoms with Gasteiger partial charge in [0.05, 0.1) is 22.9 Å². The van der Waals surface area contributed by atoms with E-state index in [-0.39, 0.29) is 17.4 Å². The van der Waals surface area contributed by atoms with Crippen LogP contribution in [-0.4, -0.2) is 38.6 Å². The number of nitrogens with one attached hydrogen (secondary N) is 3. The van der Waals surface area contributed by atoms with Crippen molar-refractivity contribution in [2.24, 2.45) is 0 Å². The summed E-state index contributed by atoms with van der Waals surface area (Å²) >= 11 is 0. The predicted octanol–water partition coefficient (Wildman–Crippen LogP) is 3.32. The Kier molecular flexibility index (Phi) is 6.98. The number of fused-ring (bicyclic) bond motifs is 1. The lowest BCUT2D eigenvalue weighted by Crippen LogP contribution is -2.43. The minimum Gasteiger partial charge on any atom is -0.371 e. The zero-order valence-corrected chi connectivity index (χ0v) is 19.7. The van der Waals surface area contributed by atoms with E-state index < -0.39 is 21.8 Å². The molecule has 1 aliphatic heterocycles. The van der Waals surface area contributed by atoms with E-state index in [9.17, 15) is 18.0 Å². The second-order valence-corrected chi connectivity index (χ2v) is 10.6. The Morgan fingerprint density at radius 3 is 2.41 bits per heavy atom. The Morgan fingerprint density at radius 2 is 1.68 bits per heavy atom. The minimum absolute atomic E-state index is 0.131. The lowest BCUT2D eigenvalue weighted by atomic mass is 10.1. The van der Waals surface area contributed by atoms with Crippen molar-refractivity contribution < 1.29 is 18.0 Å². The fourth-order valence-corrected chi connectivity index (χ4v) is 5.38. The smallest absolute Gasteiger partial charge is 0.251 e. The number of carbonyl (C=O) groups excluding carboxylic acids is 2. The molecule has 8 heteroatoms. The van der Waals surface area contributed by atoms with Crippen LogP contribution in [0.15, 0.2) is 72.8 Å². The van der Waals surface area contributed by atoms with Gasteiger partial charge in [-0.25, -0.2) is 8.42 Å². The van der Waals surface area contributed by atoms with Gasteiger partial charge in [0.25, 0.3) is 5.91 Å². The van der Waals surface area contributed by atoms with Gasteiger partial charge in [0.1, 0.15) is 6.04 Å². The molecular weight excluding hydrogens is 450 g/mol. The van der Waals surface area contributed by atoms with Gasteiger partial charge in [-0.2, -0.15) is 0 Å². The molecule has 0 saturated carbocycles. The van der Waals surface area contributed by atoms with E-state index in [1.54, 1.807) is 30.3 Å². The van der Waals surface area contributed by atoms with E-state index in [0.717, 1.165) is 11.1 Å². The third-order valence-electron chi connectivity index (χ3n) is 5.66. The van der Waals surface area contributed by atoms with Crippen LogP contribution in [0.2, 0.25) is 0 Å². The molecule has 3 aromatic carbocycles. The summed E-state index contributed by atoms with van der Waals surface area (Å²) in [6.45, 7) is 2.43. The molecular formula is C26H27N3O4S. The van der Waals surface area contributed by atoms with Crippen molar-refractivity contribution in [1.29, 1.82) is 0 Å². The number of benzene rings is 3. The molecule has 1 atom stereocenters. The van der Waals surface area contributed by atoms with Gasteiger partial charge in [0, 0.05) is 12.1 Å². The van der Waals surface area contributed by atoms with Crippen LogP contribution >= 0.6 is 0 Å². The van der Waals surface area contributed by atoms with Crippen LogP contribution < -0.4 is 16.0 Å². The molecule has 7 nitrogen and oxygen atoms in total. The van der Waals surface area contributed by atoms with Gasteiger partial charge >= 0.3 is 0 Å². The Labute approximate surface area is 199 Å². The summed E-state index contributed by atoms with van der Waals surface area (Å²) in [6, 6.07) is 21.2. The highest BCUT2D eigenvalue weighted by Gasteiger charge is 2.30. The van der Waals surface area contributed by atoms with Crippen molar-refractivity contribution >= 4 is 33.0 Å². The van der Waals surface area contributed by atoms with E-state index in [2.05, 4.69) is 16.0 Å². The molecule has 3 N–H and O–H groups in total. The zero-order chi connectivity index (χ0) is 24.1. The predicted molar refractivity (Wildman–Crippen MR) is 134 cm³/mol. The Balaban J connectivity index is 1.36. The van der Waals surface area contributed by atoms with E-state index in [1.807, 2.05) is 49.4 Å². The first-order chi connectivity index (χ1) is 16.3. The van der Waals surface area contributed by atoms with Gasteiger partial charge in [-0.1, -0.05) is 60.2 Å². The van der Waals surface area contributed by atoms with Crippen LogP contribution in [0.1, 0.15) is 27.0 Å². The van der Waals surface area contributed by atoms with E-state index >= 15 is 0 Å². The van der Waals surface area contributed by atoms with Crippen molar-refractivity contribution in [3.8, 4) is 0 Å². The van der Waals surface area contributed by atoms with Gasteiger partial charge in [-0.15, -0.1) is 0 Å². The molecule has 0 spiro atoms. The molecule has 176 valence electrons. The van der Waals surface area contributed by atoms with E-state index in [1.165, 1.54) is 0 Å². The van der Waals surface area contributed by atoms with Crippen LogP contribution in [0.3, 0.4) is 0 Å². The summed E-state index contributed by atoms with van der Waals surface area (Å²) in [5.41, 5.74) is 4.32. The second-order valence-electron chi connectivity index (χ2n) is 8.48. The number of hydrogen-bond acceptors (Lipinski definition) is 5. The highest BCUT2D eigenvalue weighted by Crippen LogP contribution is 2.28. The molecule has 0 fully saturated rings. The molecule has 3 aromatic rings. The maximum atomic E-state index is 12.7. The zero-order valence-electron chi connectivity index (χ0n) is 18.9. The van der Waals surface area contributed by atoms with E-state index in [0.29, 0.717) is 35.5 Å². The highest BCUT2D eigenvalue weighted by atomic mass is 32.2. The van der Waals surface area contributed by atoms with Gasteiger partial charge < -0.3 is 16.0 Å². The number of amides is 2. The SMILES string of the molecule is Cc1ccc(CS(=O)(=O)CC2Nc3ccc(C(=O)NCCc4ccccc4)cc3NC2=O)cc1. The molecule has 0 aromatic heterocycles. The third kappa shape index (κ3) is 6.02. The van der Waals surface area contributed by atoms with Crippen molar-refractivity contribution in [3.63, 3.8) is 0 Å². The fraction of sp³-hybridized carbons (Fsp3) is 0.231. The fourth-order valence-electron chi connectivity index (χ4n) is 3.82. The van der Waals surface area contributed by atoms with Crippen molar-refractivity contribution in [2.75, 3.05) is 22.9 Å². The average molecular weight is 478 g/mol. The quantitative estimate of drug-likeness (QED) is 0.462. The Bertz CT molecular complexity index is 1290. The summed E-state index contributed by atoms with van der Waals surface area (Å²) < 4.78 is 25.4. The molecule has 4 rings (SSSR count). The lowest BCUT2D eigenvalue weighted by Gasteiger charge is -2.27. The van der Waals surface area contributed by atoms with Crippen molar-refractivity contribution in [1.82, 2.24) is 5.32 Å². The maximum absolute atomic E-state index is 12.7. The maximum Gasteiger partial charge on any atom is 0.251 e. The van der Waals surface area contributed by atoms with Crippen molar-refractivity contribution in [2.45, 2.75) is 25.1 Å². The number of rotatable bonds is 8. The van der Waals surface area contributed by atoms with Crippen LogP contribution in [0.5, 0.6) is 0 Å². The number of carbonyl (C=O) groups is 2. The van der Waals surface area contributed by atoms with E-state index in [4.69, 9.17) is 0 Å². The van der Waals surface area contributed by atoms with Gasteiger partial charge in [-0.05, 0) is 42.7 Å². The molecule has 0 radical (unpaired) electrons. The van der Waals surface area contributed by atoms with Crippen LogP contribution in [-0.2, 0) is 26.8 Å². The number of sulfone groups is 1. The normalized spacial score (nSPS) is 15.1. The van der Waals surface area contributed by atoms with Gasteiger partial charge in [0.15, 0.2) is 9.84 Å². The van der Waals surface area contributed by atoms with Crippen LogP contribution in [0.25, 0.3) is 0 Å². The minimum atomic E-state index is -3.52. The molecule has 1 heterocycles. The average Bonchev–Trinajstić information content (AvgIpc) is 2.81. The summed E-state index contributed by atoms with van der Waals surface area (Å²) in [5.74, 6) is -1.14. The largest absolute Gasteiger partial charge is 0.371 e. The van der Waals surface area contributed by atoms with Gasteiger partial charge in [-0.3, -0.25) is 9.59 Å². The molecule has 0 bridgehead atoms. The van der Waals surface area contributed by atoms with Crippen molar-refractivity contribution in [3.05, 3.63) is 95.1 Å². The first kappa shape index (κ1) is 23.5. The topological polar surface area (TPSA) is 104 Å². The lowest BCUT2D eigenvalue weighted by molar-refractivity contribution is -0.116. The Hall–Kier alpha value is -3.65. The molecule has 2 amide bonds. The summed E-state index contributed by atoms with van der Waals surface area (Å²) in [5, 5.41) is 8.62. The number of hydrogen-bond donors (Lipinski definition) is 3. The molecule has 34 heavy (non-hydrogen) atoms. The highest BCUT2D eigenvalue weighted by molar-refractivity contribution is 7.90. The monoisotopic (exact) mass is 477 g/mol. The standard InChI is InChI=1S/C26H27N3O4S/c1-18-7-9-20(10-8-18)16-34(32,33)17-24-26(31)29-23-15-21(11-12-22(23)28-24)25(30)27-14-13-19-5-3-2-4-6-19/h2-12,15,24,28H,13-14,16-17H2,1H3,(H,27,30)(H,29,31). The number of aryl methyl sites for hydroxylation is 1. The summed E-state index contributed by atoms with van der Waals surface area (Å²) in [6.07, 6.45) is 0.717. The van der Waals surface area contributed by atoms with Crippen LogP contribution in [0.4, 0.5) is 11.4 Å². The second kappa shape index (κ2) is 10.1. The number of anilines is 2. The van der Waals surface area contributed by atoms with Crippen LogP contribution in [0, 0.1) is 6.92 Å². The Morgan fingerprint density at radius 1 is 0.941 bits per heavy atom.